The molecule has 0 saturated heterocycles. The molecule has 0 spiro atoms. The van der Waals surface area contributed by atoms with Gasteiger partial charge in [-0.2, -0.15) is 0 Å². The molecule has 0 aliphatic heterocycles. The number of primary sulfonamides is 1. The van der Waals surface area contributed by atoms with Crippen molar-refractivity contribution in [2.45, 2.75) is 11.4 Å². The van der Waals surface area contributed by atoms with Crippen LogP contribution in [0.1, 0.15) is 5.56 Å². The molecule has 0 amide bonds. The minimum Gasteiger partial charge on any atom is -0.494 e. The highest BCUT2D eigenvalue weighted by Crippen LogP contribution is 2.19. The van der Waals surface area contributed by atoms with E-state index in [1.165, 1.54) is 25.3 Å². The Bertz CT molecular complexity index is 730. The third kappa shape index (κ3) is 3.93. The Labute approximate surface area is 122 Å². The summed E-state index contributed by atoms with van der Waals surface area (Å²) in [5.41, 5.74) is 1.45. The molecule has 2 aromatic carbocycles. The SMILES string of the molecule is COc1ccc(CNc2ccc(S(N)(=O)=O)cc2)cc1F. The van der Waals surface area contributed by atoms with Gasteiger partial charge in [0.2, 0.25) is 10.0 Å². The number of methoxy groups -OCH3 is 1. The van der Waals surface area contributed by atoms with Gasteiger partial charge in [0, 0.05) is 12.2 Å². The molecule has 0 aliphatic rings. The maximum Gasteiger partial charge on any atom is 0.238 e. The summed E-state index contributed by atoms with van der Waals surface area (Å²) in [6.07, 6.45) is 0. The molecule has 0 fully saturated rings. The first kappa shape index (κ1) is 15.3. The smallest absolute Gasteiger partial charge is 0.238 e. The Morgan fingerprint density at radius 3 is 2.38 bits per heavy atom. The van der Waals surface area contributed by atoms with E-state index in [-0.39, 0.29) is 10.6 Å². The fraction of sp³-hybridized carbons (Fsp3) is 0.143. The minimum absolute atomic E-state index is 0.0449. The molecule has 7 heteroatoms. The number of sulfonamides is 1. The Morgan fingerprint density at radius 1 is 1.19 bits per heavy atom. The van der Waals surface area contributed by atoms with Crippen LogP contribution in [0.4, 0.5) is 10.1 Å². The van der Waals surface area contributed by atoms with Crippen molar-refractivity contribution >= 4 is 15.7 Å². The van der Waals surface area contributed by atoms with Crippen molar-refractivity contribution in [1.82, 2.24) is 0 Å². The van der Waals surface area contributed by atoms with E-state index < -0.39 is 15.8 Å². The molecule has 0 unspecified atom stereocenters. The van der Waals surface area contributed by atoms with Crippen LogP contribution in [0.5, 0.6) is 5.75 Å². The number of nitrogens with two attached hydrogens (primary N) is 1. The molecule has 0 aromatic heterocycles. The van der Waals surface area contributed by atoms with Gasteiger partial charge in [-0.05, 0) is 42.0 Å². The zero-order chi connectivity index (χ0) is 15.5. The molecule has 0 heterocycles. The maximum atomic E-state index is 13.5. The van der Waals surface area contributed by atoms with E-state index in [4.69, 9.17) is 9.88 Å². The van der Waals surface area contributed by atoms with Crippen LogP contribution in [0.2, 0.25) is 0 Å². The van der Waals surface area contributed by atoms with Gasteiger partial charge in [0.25, 0.3) is 0 Å². The van der Waals surface area contributed by atoms with Gasteiger partial charge in [0.05, 0.1) is 12.0 Å². The van der Waals surface area contributed by atoms with Crippen molar-refractivity contribution in [1.29, 1.82) is 0 Å². The van der Waals surface area contributed by atoms with Gasteiger partial charge in [0.1, 0.15) is 0 Å². The highest BCUT2D eigenvalue weighted by atomic mass is 32.2. The fourth-order valence-corrected chi connectivity index (χ4v) is 2.30. The van der Waals surface area contributed by atoms with Crippen molar-refractivity contribution in [3.63, 3.8) is 0 Å². The van der Waals surface area contributed by atoms with Crippen LogP contribution in [0.3, 0.4) is 0 Å². The lowest BCUT2D eigenvalue weighted by Gasteiger charge is -2.08. The topological polar surface area (TPSA) is 81.4 Å². The molecule has 2 rings (SSSR count). The Morgan fingerprint density at radius 2 is 1.86 bits per heavy atom. The molecular formula is C14H15FN2O3S. The van der Waals surface area contributed by atoms with Crippen LogP contribution < -0.4 is 15.2 Å². The van der Waals surface area contributed by atoms with Crippen molar-refractivity contribution < 1.29 is 17.5 Å². The quantitative estimate of drug-likeness (QED) is 0.886. The van der Waals surface area contributed by atoms with E-state index in [1.807, 2.05) is 0 Å². The number of hydrogen-bond donors (Lipinski definition) is 2. The first-order valence-corrected chi connectivity index (χ1v) is 7.64. The summed E-state index contributed by atoms with van der Waals surface area (Å²) in [5, 5.41) is 8.08. The van der Waals surface area contributed by atoms with E-state index in [1.54, 1.807) is 24.3 Å². The molecule has 2 aromatic rings. The van der Waals surface area contributed by atoms with Crippen LogP contribution in [0.15, 0.2) is 47.4 Å². The molecule has 0 bridgehead atoms. The van der Waals surface area contributed by atoms with Gasteiger partial charge < -0.3 is 10.1 Å². The summed E-state index contributed by atoms with van der Waals surface area (Å²) < 4.78 is 40.6. The summed E-state index contributed by atoms with van der Waals surface area (Å²) in [4.78, 5) is 0.0449. The van der Waals surface area contributed by atoms with Gasteiger partial charge in [0.15, 0.2) is 11.6 Å². The Balaban J connectivity index is 2.05. The molecule has 0 atom stereocenters. The van der Waals surface area contributed by atoms with Crippen LogP contribution in [-0.4, -0.2) is 15.5 Å². The van der Waals surface area contributed by atoms with Gasteiger partial charge in [-0.3, -0.25) is 0 Å². The minimum atomic E-state index is -3.69. The number of anilines is 1. The highest BCUT2D eigenvalue weighted by molar-refractivity contribution is 7.89. The van der Waals surface area contributed by atoms with Crippen molar-refractivity contribution in [3.8, 4) is 5.75 Å². The number of nitrogens with one attached hydrogen (secondary N) is 1. The number of halogens is 1. The van der Waals surface area contributed by atoms with E-state index >= 15 is 0 Å². The van der Waals surface area contributed by atoms with E-state index in [0.29, 0.717) is 12.2 Å². The second-order valence-corrected chi connectivity index (χ2v) is 5.95. The van der Waals surface area contributed by atoms with Gasteiger partial charge in [-0.15, -0.1) is 0 Å². The maximum absolute atomic E-state index is 13.5. The largest absolute Gasteiger partial charge is 0.494 e. The average molecular weight is 310 g/mol. The summed E-state index contributed by atoms with van der Waals surface area (Å²) in [5.74, 6) is -0.238. The van der Waals surface area contributed by atoms with Crippen LogP contribution in [0.25, 0.3) is 0 Å². The second kappa shape index (κ2) is 6.11. The molecular weight excluding hydrogens is 295 g/mol. The standard InChI is InChI=1S/C14H15FN2O3S/c1-20-14-7-2-10(8-13(14)15)9-17-11-3-5-12(6-4-11)21(16,18)19/h2-8,17H,9H2,1H3,(H2,16,18,19). The Kier molecular flexibility index (Phi) is 4.44. The van der Waals surface area contributed by atoms with Crippen LogP contribution in [0, 0.1) is 5.82 Å². The number of hydrogen-bond acceptors (Lipinski definition) is 4. The lowest BCUT2D eigenvalue weighted by Crippen LogP contribution is -2.12. The third-order valence-electron chi connectivity index (χ3n) is 2.90. The zero-order valence-electron chi connectivity index (χ0n) is 11.3. The molecule has 0 aliphatic carbocycles. The fourth-order valence-electron chi connectivity index (χ4n) is 1.79. The summed E-state index contributed by atoms with van der Waals surface area (Å²) >= 11 is 0. The molecule has 0 saturated carbocycles. The van der Waals surface area contributed by atoms with Crippen LogP contribution >= 0.6 is 0 Å². The highest BCUT2D eigenvalue weighted by Gasteiger charge is 2.07. The normalized spacial score (nSPS) is 11.2. The molecule has 0 radical (unpaired) electrons. The number of benzene rings is 2. The van der Waals surface area contributed by atoms with Crippen molar-refractivity contribution in [2.75, 3.05) is 12.4 Å². The van der Waals surface area contributed by atoms with E-state index in [9.17, 15) is 12.8 Å². The lowest BCUT2D eigenvalue weighted by molar-refractivity contribution is 0.386. The number of ether oxygens (including phenoxy) is 1. The zero-order valence-corrected chi connectivity index (χ0v) is 12.2. The van der Waals surface area contributed by atoms with E-state index in [2.05, 4.69) is 5.32 Å². The molecule has 3 N–H and O–H groups in total. The summed E-state index contributed by atoms with van der Waals surface area (Å²) in [6.45, 7) is 0.398. The third-order valence-corrected chi connectivity index (χ3v) is 3.82. The molecule has 112 valence electrons. The average Bonchev–Trinajstić information content (AvgIpc) is 2.45. The predicted octanol–water partition coefficient (Wildman–Crippen LogP) is 2.09. The molecule has 21 heavy (non-hydrogen) atoms. The van der Waals surface area contributed by atoms with Crippen molar-refractivity contribution in [3.05, 3.63) is 53.8 Å². The van der Waals surface area contributed by atoms with Gasteiger partial charge >= 0.3 is 0 Å². The van der Waals surface area contributed by atoms with Crippen LogP contribution in [-0.2, 0) is 16.6 Å². The second-order valence-electron chi connectivity index (χ2n) is 4.39. The van der Waals surface area contributed by atoms with Gasteiger partial charge in [-0.1, -0.05) is 6.07 Å². The van der Waals surface area contributed by atoms with E-state index in [0.717, 1.165) is 5.56 Å². The summed E-state index contributed by atoms with van der Waals surface area (Å²) in [6, 6.07) is 10.7. The monoisotopic (exact) mass is 310 g/mol. The van der Waals surface area contributed by atoms with Gasteiger partial charge in [-0.25, -0.2) is 17.9 Å². The lowest BCUT2D eigenvalue weighted by atomic mass is 10.2. The van der Waals surface area contributed by atoms with Crippen molar-refractivity contribution in [2.24, 2.45) is 5.14 Å². The Hall–Kier alpha value is -2.12. The molecule has 5 nitrogen and oxygen atoms in total. The predicted molar refractivity (Wildman–Crippen MR) is 78.1 cm³/mol. The summed E-state index contributed by atoms with van der Waals surface area (Å²) in [7, 11) is -2.29. The first-order valence-electron chi connectivity index (χ1n) is 6.09. The first-order chi connectivity index (χ1) is 9.90. The number of rotatable bonds is 5.